The summed E-state index contributed by atoms with van der Waals surface area (Å²) in [5.74, 6) is 4.37. The van der Waals surface area contributed by atoms with Crippen LogP contribution >= 0.6 is 12.2 Å². The topological polar surface area (TPSA) is 26.0 Å². The highest BCUT2D eigenvalue weighted by molar-refractivity contribution is 7.81. The zero-order chi connectivity index (χ0) is 12.7. The summed E-state index contributed by atoms with van der Waals surface area (Å²) in [5, 5.41) is 0. The lowest BCUT2D eigenvalue weighted by Gasteiger charge is -2.13. The molecule has 3 heteroatoms. The van der Waals surface area contributed by atoms with E-state index in [-0.39, 0.29) is 6.04 Å². The van der Waals surface area contributed by atoms with Gasteiger partial charge in [0.25, 0.3) is 0 Å². The van der Waals surface area contributed by atoms with Crippen LogP contribution in [-0.2, 0) is 0 Å². The molecule has 0 amide bonds. The second-order valence-corrected chi connectivity index (χ2v) is 4.53. The molecule has 1 nitrogen and oxygen atoms in total. The minimum atomic E-state index is -0.0680. The van der Waals surface area contributed by atoms with E-state index in [0.717, 1.165) is 10.4 Å². The van der Waals surface area contributed by atoms with E-state index in [1.807, 2.05) is 26.8 Å². The molecule has 2 N–H and O–H groups in total. The molecule has 16 heavy (non-hydrogen) atoms. The van der Waals surface area contributed by atoms with Crippen molar-refractivity contribution in [2.24, 2.45) is 5.73 Å². The molecule has 0 aliphatic heterocycles. The lowest BCUT2D eigenvalue weighted by molar-refractivity contribution is 0.988. The molecule has 88 valence electrons. The molecule has 0 saturated carbocycles. The lowest BCUT2D eigenvalue weighted by atomic mass is 9.51. The van der Waals surface area contributed by atoms with Gasteiger partial charge >= 0.3 is 0 Å². The normalized spacial score (nSPS) is 15.4. The van der Waals surface area contributed by atoms with Crippen molar-refractivity contribution in [2.45, 2.75) is 40.6 Å². The van der Waals surface area contributed by atoms with Crippen LogP contribution in [0.25, 0.3) is 0 Å². The monoisotopic (exact) mass is 235 g/mol. The SMILES string of the molecule is C/C=C\B(C)/C=C(C)\C(=C/C)C(=S)C(C)N. The predicted molar refractivity (Wildman–Crippen MR) is 80.2 cm³/mol. The Morgan fingerprint density at radius 3 is 2.31 bits per heavy atom. The van der Waals surface area contributed by atoms with E-state index in [1.165, 1.54) is 5.57 Å². The fourth-order valence-corrected chi connectivity index (χ4v) is 1.93. The smallest absolute Gasteiger partial charge is 0.188 e. The minimum Gasteiger partial charge on any atom is -0.323 e. The molecule has 0 aliphatic carbocycles. The number of hydrogen-bond acceptors (Lipinski definition) is 2. The van der Waals surface area contributed by atoms with Crippen molar-refractivity contribution in [3.63, 3.8) is 0 Å². The van der Waals surface area contributed by atoms with Crippen molar-refractivity contribution >= 4 is 23.8 Å². The lowest BCUT2D eigenvalue weighted by Crippen LogP contribution is -2.27. The maximum absolute atomic E-state index is 5.82. The van der Waals surface area contributed by atoms with Crippen molar-refractivity contribution in [1.29, 1.82) is 0 Å². The largest absolute Gasteiger partial charge is 0.323 e. The van der Waals surface area contributed by atoms with Gasteiger partial charge in [0, 0.05) is 10.9 Å². The Balaban J connectivity index is 4.94. The van der Waals surface area contributed by atoms with Gasteiger partial charge in [0.05, 0.1) is 0 Å². The first-order chi connectivity index (χ1) is 7.43. The van der Waals surface area contributed by atoms with Crippen LogP contribution in [0.15, 0.2) is 35.2 Å². The third-order valence-electron chi connectivity index (χ3n) is 2.40. The van der Waals surface area contributed by atoms with Crippen molar-refractivity contribution in [3.8, 4) is 0 Å². The van der Waals surface area contributed by atoms with Crippen molar-refractivity contribution in [1.82, 2.24) is 0 Å². The van der Waals surface area contributed by atoms with Gasteiger partial charge in [0.15, 0.2) is 6.71 Å². The van der Waals surface area contributed by atoms with Crippen molar-refractivity contribution in [3.05, 3.63) is 35.2 Å². The molecule has 0 fully saturated rings. The Kier molecular flexibility index (Phi) is 7.27. The van der Waals surface area contributed by atoms with Crippen LogP contribution in [0.3, 0.4) is 0 Å². The average molecular weight is 235 g/mol. The Bertz CT molecular complexity index is 327. The zero-order valence-corrected chi connectivity index (χ0v) is 11.8. The summed E-state index contributed by atoms with van der Waals surface area (Å²) in [6.45, 7) is 10.6. The zero-order valence-electron chi connectivity index (χ0n) is 10.9. The minimum absolute atomic E-state index is 0.0680. The van der Waals surface area contributed by atoms with Gasteiger partial charge < -0.3 is 5.73 Å². The molecule has 0 aromatic heterocycles. The molecule has 1 atom stereocenters. The van der Waals surface area contributed by atoms with Crippen LogP contribution in [0.1, 0.15) is 27.7 Å². The van der Waals surface area contributed by atoms with Crippen LogP contribution in [-0.4, -0.2) is 17.6 Å². The van der Waals surface area contributed by atoms with Crippen LogP contribution in [0.4, 0.5) is 0 Å². The maximum atomic E-state index is 5.82. The fraction of sp³-hybridized carbons (Fsp3) is 0.462. The molecule has 0 heterocycles. The van der Waals surface area contributed by atoms with Gasteiger partial charge in [-0.2, -0.15) is 0 Å². The number of hydrogen-bond donors (Lipinski definition) is 1. The molecule has 0 spiro atoms. The van der Waals surface area contributed by atoms with E-state index < -0.39 is 0 Å². The molecule has 0 saturated heterocycles. The standard InChI is InChI=1S/C13H22BNS/c1-6-8-14(5)9-10(3)12(7-2)13(16)11(4)15/h6-9,11H,15H2,1-5H3/b8-6-,10-9-,12-7+. The Morgan fingerprint density at radius 2 is 1.94 bits per heavy atom. The van der Waals surface area contributed by atoms with Crippen LogP contribution in [0, 0.1) is 0 Å². The molecule has 0 bridgehead atoms. The summed E-state index contributed by atoms with van der Waals surface area (Å²) in [5.41, 5.74) is 8.12. The predicted octanol–water partition coefficient (Wildman–Crippen LogP) is 3.38. The Morgan fingerprint density at radius 1 is 1.38 bits per heavy atom. The molecule has 1 unspecified atom stereocenters. The van der Waals surface area contributed by atoms with E-state index >= 15 is 0 Å². The number of allylic oxidation sites excluding steroid dienone is 3. The summed E-state index contributed by atoms with van der Waals surface area (Å²) in [6.07, 6.45) is 4.10. The molecular formula is C13H22BNS. The Hall–Kier alpha value is -0.665. The number of rotatable bonds is 5. The highest BCUT2D eigenvalue weighted by Crippen LogP contribution is 2.14. The van der Waals surface area contributed by atoms with E-state index in [0.29, 0.717) is 6.71 Å². The third kappa shape index (κ3) is 4.91. The summed E-state index contributed by atoms with van der Waals surface area (Å²) in [7, 11) is 0. The molecule has 0 aromatic carbocycles. The highest BCUT2D eigenvalue weighted by atomic mass is 32.1. The van der Waals surface area contributed by atoms with Crippen molar-refractivity contribution < 1.29 is 0 Å². The van der Waals surface area contributed by atoms with Gasteiger partial charge in [-0.1, -0.05) is 36.8 Å². The molecule has 0 radical (unpaired) electrons. The molecular weight excluding hydrogens is 213 g/mol. The van der Waals surface area contributed by atoms with Crippen LogP contribution in [0.2, 0.25) is 6.82 Å². The quantitative estimate of drug-likeness (QED) is 0.342. The van der Waals surface area contributed by atoms with E-state index in [2.05, 4.69) is 31.8 Å². The average Bonchev–Trinajstić information content (AvgIpc) is 2.18. The third-order valence-corrected chi connectivity index (χ3v) is 2.99. The van der Waals surface area contributed by atoms with Crippen LogP contribution < -0.4 is 5.73 Å². The number of thiocarbonyl (C=S) groups is 1. The van der Waals surface area contributed by atoms with Crippen molar-refractivity contribution in [2.75, 3.05) is 0 Å². The molecule has 0 aromatic rings. The van der Waals surface area contributed by atoms with E-state index in [9.17, 15) is 0 Å². The summed E-state index contributed by atoms with van der Waals surface area (Å²) in [4.78, 5) is 0.837. The van der Waals surface area contributed by atoms with Gasteiger partial charge in [-0.25, -0.2) is 0 Å². The highest BCUT2D eigenvalue weighted by Gasteiger charge is 2.11. The van der Waals surface area contributed by atoms with E-state index in [1.54, 1.807) is 0 Å². The fourth-order valence-electron chi connectivity index (χ4n) is 1.65. The van der Waals surface area contributed by atoms with Crippen LogP contribution in [0.5, 0.6) is 0 Å². The van der Waals surface area contributed by atoms with Gasteiger partial charge in [0.1, 0.15) is 0 Å². The maximum Gasteiger partial charge on any atom is 0.188 e. The second kappa shape index (κ2) is 7.58. The molecule has 0 aliphatic rings. The van der Waals surface area contributed by atoms with Gasteiger partial charge in [-0.15, -0.1) is 12.0 Å². The summed E-state index contributed by atoms with van der Waals surface area (Å²) in [6, 6.07) is -0.0680. The van der Waals surface area contributed by atoms with E-state index in [4.69, 9.17) is 18.0 Å². The number of nitrogens with two attached hydrogens (primary N) is 1. The summed E-state index contributed by atoms with van der Waals surface area (Å²) >= 11 is 5.34. The summed E-state index contributed by atoms with van der Waals surface area (Å²) < 4.78 is 0. The molecule has 0 rings (SSSR count). The first-order valence-electron chi connectivity index (χ1n) is 5.71. The van der Waals surface area contributed by atoms with Gasteiger partial charge in [-0.3, -0.25) is 0 Å². The first-order valence-corrected chi connectivity index (χ1v) is 6.12. The second-order valence-electron chi connectivity index (χ2n) is 4.09. The Labute approximate surface area is 106 Å². The van der Waals surface area contributed by atoms with Gasteiger partial charge in [0.2, 0.25) is 0 Å². The first kappa shape index (κ1) is 15.3. The van der Waals surface area contributed by atoms with Gasteiger partial charge in [-0.05, 0) is 33.3 Å².